The summed E-state index contributed by atoms with van der Waals surface area (Å²) in [5, 5.41) is 3.28. The number of aromatic nitrogens is 2. The molecule has 0 aliphatic heterocycles. The third kappa shape index (κ3) is 3.25. The highest BCUT2D eigenvalue weighted by molar-refractivity contribution is 5.91. The van der Waals surface area contributed by atoms with Gasteiger partial charge in [0.1, 0.15) is 11.5 Å². The van der Waals surface area contributed by atoms with E-state index < -0.39 is 0 Å². The molecule has 20 heavy (non-hydrogen) atoms. The number of nitrogens with one attached hydrogen (secondary N) is 1. The molecule has 1 aromatic heterocycles. The van der Waals surface area contributed by atoms with Crippen molar-refractivity contribution in [2.45, 2.75) is 19.3 Å². The van der Waals surface area contributed by atoms with Gasteiger partial charge < -0.3 is 15.0 Å². The predicted molar refractivity (Wildman–Crippen MR) is 76.7 cm³/mol. The summed E-state index contributed by atoms with van der Waals surface area (Å²) in [6, 6.07) is 0. The fraction of sp³-hybridized carbons (Fsp3) is 0.643. The topological polar surface area (TPSA) is 67.3 Å². The first-order valence-electron chi connectivity index (χ1n) is 6.83. The molecule has 2 rings (SSSR count). The molecule has 0 bridgehead atoms. The second kappa shape index (κ2) is 6.17. The molecule has 6 heteroatoms. The van der Waals surface area contributed by atoms with Crippen molar-refractivity contribution in [1.29, 1.82) is 0 Å². The Bertz CT molecular complexity index is 472. The Hall–Kier alpha value is -1.69. The number of carbonyl (C=O) groups excluding carboxylic acids is 1. The molecular formula is C14H22N4O2. The van der Waals surface area contributed by atoms with Gasteiger partial charge in [0.05, 0.1) is 19.0 Å². The maximum atomic E-state index is 11.8. The normalized spacial score (nSPS) is 16.4. The maximum Gasteiger partial charge on any atom is 0.273 e. The summed E-state index contributed by atoms with van der Waals surface area (Å²) in [5.74, 6) is 0.497. The average molecular weight is 278 g/mol. The fourth-order valence-corrected chi connectivity index (χ4v) is 2.42. The maximum absolute atomic E-state index is 11.8. The van der Waals surface area contributed by atoms with Crippen LogP contribution in [0.25, 0.3) is 0 Å². The van der Waals surface area contributed by atoms with E-state index in [1.165, 1.54) is 17.5 Å². The first-order valence-corrected chi connectivity index (χ1v) is 6.83. The predicted octanol–water partition coefficient (Wildman–Crippen LogP) is 1.41. The van der Waals surface area contributed by atoms with E-state index in [2.05, 4.69) is 15.3 Å². The Morgan fingerprint density at radius 1 is 1.45 bits per heavy atom. The lowest BCUT2D eigenvalue weighted by atomic mass is 9.69. The van der Waals surface area contributed by atoms with Crippen molar-refractivity contribution in [3.8, 4) is 0 Å². The van der Waals surface area contributed by atoms with E-state index in [4.69, 9.17) is 4.74 Å². The second-order valence-electron chi connectivity index (χ2n) is 5.63. The summed E-state index contributed by atoms with van der Waals surface area (Å²) in [6.07, 6.45) is 6.71. The van der Waals surface area contributed by atoms with Crippen molar-refractivity contribution in [2.24, 2.45) is 5.41 Å². The molecule has 1 aliphatic rings. The smallest absolute Gasteiger partial charge is 0.273 e. The minimum atomic E-state index is -0.142. The van der Waals surface area contributed by atoms with Crippen LogP contribution >= 0.6 is 0 Å². The average Bonchev–Trinajstić information content (AvgIpc) is 2.41. The van der Waals surface area contributed by atoms with Crippen LogP contribution in [0.3, 0.4) is 0 Å². The Morgan fingerprint density at radius 3 is 2.75 bits per heavy atom. The molecule has 0 radical (unpaired) electrons. The molecule has 6 nitrogen and oxygen atoms in total. The molecule has 1 aromatic rings. The molecule has 1 heterocycles. The third-order valence-electron chi connectivity index (χ3n) is 3.77. The standard InChI is InChI=1S/C14H22N4O2/c1-18(2)13(19)11-7-15-8-12(17-11)16-9-14(10-20-3)5-4-6-14/h7-8H,4-6,9-10H2,1-3H3,(H,16,17). The Morgan fingerprint density at radius 2 is 2.20 bits per heavy atom. The molecule has 0 aromatic carbocycles. The first-order chi connectivity index (χ1) is 9.56. The lowest BCUT2D eigenvalue weighted by Gasteiger charge is -2.41. The van der Waals surface area contributed by atoms with Crippen LogP contribution in [0.2, 0.25) is 0 Å². The Balaban J connectivity index is 1.99. The summed E-state index contributed by atoms with van der Waals surface area (Å²) in [4.78, 5) is 21.7. The highest BCUT2D eigenvalue weighted by atomic mass is 16.5. The zero-order chi connectivity index (χ0) is 14.6. The van der Waals surface area contributed by atoms with Crippen LogP contribution in [-0.2, 0) is 4.74 Å². The van der Waals surface area contributed by atoms with E-state index in [-0.39, 0.29) is 11.3 Å². The van der Waals surface area contributed by atoms with E-state index in [0.717, 1.165) is 26.0 Å². The van der Waals surface area contributed by atoms with Crippen LogP contribution in [0.15, 0.2) is 12.4 Å². The van der Waals surface area contributed by atoms with Crippen LogP contribution in [0.5, 0.6) is 0 Å². The van der Waals surface area contributed by atoms with Gasteiger partial charge in [0, 0.05) is 33.2 Å². The molecule has 1 saturated carbocycles. The van der Waals surface area contributed by atoms with Gasteiger partial charge in [-0.25, -0.2) is 4.98 Å². The third-order valence-corrected chi connectivity index (χ3v) is 3.77. The molecule has 110 valence electrons. The summed E-state index contributed by atoms with van der Waals surface area (Å²) in [5.41, 5.74) is 0.562. The Kier molecular flexibility index (Phi) is 4.54. The van der Waals surface area contributed by atoms with Crippen LogP contribution < -0.4 is 5.32 Å². The summed E-state index contributed by atoms with van der Waals surface area (Å²) in [6.45, 7) is 1.55. The van der Waals surface area contributed by atoms with Crippen LogP contribution in [0, 0.1) is 5.41 Å². The van der Waals surface area contributed by atoms with Crippen LogP contribution in [-0.4, -0.2) is 55.1 Å². The number of nitrogens with zero attached hydrogens (tertiary/aromatic N) is 3. The molecular weight excluding hydrogens is 256 g/mol. The first kappa shape index (κ1) is 14.7. The van der Waals surface area contributed by atoms with E-state index in [1.54, 1.807) is 27.4 Å². The minimum Gasteiger partial charge on any atom is -0.384 e. The number of carbonyl (C=O) groups is 1. The number of hydrogen-bond acceptors (Lipinski definition) is 5. The summed E-state index contributed by atoms with van der Waals surface area (Å²) < 4.78 is 5.29. The van der Waals surface area contributed by atoms with Crippen molar-refractivity contribution in [3.05, 3.63) is 18.1 Å². The number of rotatable bonds is 6. The summed E-state index contributed by atoms with van der Waals surface area (Å²) in [7, 11) is 5.13. The van der Waals surface area contributed by atoms with Crippen LogP contribution in [0.1, 0.15) is 29.8 Å². The second-order valence-corrected chi connectivity index (χ2v) is 5.63. The summed E-state index contributed by atoms with van der Waals surface area (Å²) >= 11 is 0. The van der Waals surface area contributed by atoms with E-state index >= 15 is 0 Å². The van der Waals surface area contributed by atoms with E-state index in [1.807, 2.05) is 0 Å². The largest absolute Gasteiger partial charge is 0.384 e. The van der Waals surface area contributed by atoms with Crippen molar-refractivity contribution >= 4 is 11.7 Å². The van der Waals surface area contributed by atoms with Gasteiger partial charge in [-0.05, 0) is 12.8 Å². The molecule has 1 aliphatic carbocycles. The number of hydrogen-bond donors (Lipinski definition) is 1. The zero-order valence-electron chi connectivity index (χ0n) is 12.3. The number of amides is 1. The molecule has 0 atom stereocenters. The number of ether oxygens (including phenoxy) is 1. The molecule has 1 N–H and O–H groups in total. The van der Waals surface area contributed by atoms with Gasteiger partial charge in [0.15, 0.2) is 0 Å². The van der Waals surface area contributed by atoms with Gasteiger partial charge in [0.2, 0.25) is 0 Å². The SMILES string of the molecule is COCC1(CNc2cncc(C(=O)N(C)C)n2)CCC1. The molecule has 0 unspecified atom stereocenters. The van der Waals surface area contributed by atoms with Gasteiger partial charge in [-0.2, -0.15) is 0 Å². The fourth-order valence-electron chi connectivity index (χ4n) is 2.42. The lowest BCUT2D eigenvalue weighted by molar-refractivity contribution is 0.0282. The van der Waals surface area contributed by atoms with E-state index in [0.29, 0.717) is 11.5 Å². The quantitative estimate of drug-likeness (QED) is 0.852. The van der Waals surface area contributed by atoms with Crippen molar-refractivity contribution in [3.63, 3.8) is 0 Å². The van der Waals surface area contributed by atoms with Gasteiger partial charge in [-0.1, -0.05) is 6.42 Å². The van der Waals surface area contributed by atoms with E-state index in [9.17, 15) is 4.79 Å². The van der Waals surface area contributed by atoms with Gasteiger partial charge in [-0.15, -0.1) is 0 Å². The van der Waals surface area contributed by atoms with Crippen molar-refractivity contribution in [1.82, 2.24) is 14.9 Å². The molecule has 1 fully saturated rings. The lowest BCUT2D eigenvalue weighted by Crippen LogP contribution is -2.40. The monoisotopic (exact) mass is 278 g/mol. The van der Waals surface area contributed by atoms with Crippen molar-refractivity contribution in [2.75, 3.05) is 39.7 Å². The van der Waals surface area contributed by atoms with Crippen molar-refractivity contribution < 1.29 is 9.53 Å². The Labute approximate surface area is 119 Å². The highest BCUT2D eigenvalue weighted by Gasteiger charge is 2.36. The highest BCUT2D eigenvalue weighted by Crippen LogP contribution is 2.40. The molecule has 1 amide bonds. The van der Waals surface area contributed by atoms with Gasteiger partial charge in [0.25, 0.3) is 5.91 Å². The number of methoxy groups -OCH3 is 1. The number of anilines is 1. The van der Waals surface area contributed by atoms with Gasteiger partial charge in [-0.3, -0.25) is 9.78 Å². The van der Waals surface area contributed by atoms with Gasteiger partial charge >= 0.3 is 0 Å². The molecule has 0 saturated heterocycles. The zero-order valence-corrected chi connectivity index (χ0v) is 12.3. The minimum absolute atomic E-state index is 0.142. The molecule has 0 spiro atoms. The van der Waals surface area contributed by atoms with Crippen LogP contribution in [0.4, 0.5) is 5.82 Å².